The van der Waals surface area contributed by atoms with E-state index in [1.807, 2.05) is 0 Å². The molecule has 0 atom stereocenters. The van der Waals surface area contributed by atoms with Crippen molar-refractivity contribution < 1.29 is 8.42 Å². The van der Waals surface area contributed by atoms with Gasteiger partial charge in [0.25, 0.3) is 0 Å². The fraction of sp³-hybridized carbons (Fsp3) is 1.00. The van der Waals surface area contributed by atoms with Crippen molar-refractivity contribution in [2.75, 3.05) is 25.1 Å². The Labute approximate surface area is 94.8 Å². The Kier molecular flexibility index (Phi) is 6.44. The molecule has 0 aliphatic carbocycles. The van der Waals surface area contributed by atoms with Crippen LogP contribution in [0.15, 0.2) is 0 Å². The monoisotopic (exact) mass is 235 g/mol. The summed E-state index contributed by atoms with van der Waals surface area (Å²) in [5.41, 5.74) is 0. The van der Waals surface area contributed by atoms with Crippen LogP contribution in [0.2, 0.25) is 0 Å². The van der Waals surface area contributed by atoms with Gasteiger partial charge in [0, 0.05) is 18.8 Å². The van der Waals surface area contributed by atoms with Crippen LogP contribution in [0.1, 0.15) is 34.1 Å². The minimum absolute atomic E-state index is 0.267. The highest BCUT2D eigenvalue weighted by Crippen LogP contribution is 2.05. The van der Waals surface area contributed by atoms with E-state index in [0.717, 1.165) is 13.0 Å². The van der Waals surface area contributed by atoms with Crippen molar-refractivity contribution in [1.29, 1.82) is 0 Å². The average Bonchev–Trinajstić information content (AvgIpc) is 2.00. The van der Waals surface area contributed by atoms with Crippen molar-refractivity contribution in [3.05, 3.63) is 0 Å². The molecule has 0 amide bonds. The predicted molar refractivity (Wildman–Crippen MR) is 65.9 cm³/mol. The molecule has 3 nitrogen and oxygen atoms in total. The predicted octanol–water partition coefficient (Wildman–Crippen LogP) is 1.79. The second-order valence-electron chi connectivity index (χ2n) is 4.94. The molecule has 4 heteroatoms. The summed E-state index contributed by atoms with van der Waals surface area (Å²) in [5, 5.41) is 0. The largest absolute Gasteiger partial charge is 0.300 e. The summed E-state index contributed by atoms with van der Waals surface area (Å²) in [4.78, 5) is 2.24. The lowest BCUT2D eigenvalue weighted by molar-refractivity contribution is 0.221. The molecule has 0 unspecified atom stereocenters. The highest BCUT2D eigenvalue weighted by molar-refractivity contribution is 7.90. The highest BCUT2D eigenvalue weighted by atomic mass is 32.2. The number of sulfone groups is 1. The van der Waals surface area contributed by atoms with Crippen LogP contribution in [0.3, 0.4) is 0 Å². The summed E-state index contributed by atoms with van der Waals surface area (Å²) >= 11 is 0. The zero-order valence-electron chi connectivity index (χ0n) is 10.7. The molecule has 0 bridgehead atoms. The second-order valence-corrected chi connectivity index (χ2v) is 7.20. The molecular weight excluding hydrogens is 210 g/mol. The second kappa shape index (κ2) is 6.48. The summed E-state index contributed by atoms with van der Waals surface area (Å²) in [6, 6.07) is 0.422. The molecular formula is C11H25NO2S. The van der Waals surface area contributed by atoms with E-state index in [1.165, 1.54) is 6.26 Å². The van der Waals surface area contributed by atoms with Gasteiger partial charge in [0.2, 0.25) is 0 Å². The zero-order valence-corrected chi connectivity index (χ0v) is 11.5. The topological polar surface area (TPSA) is 37.4 Å². The molecule has 0 N–H and O–H groups in total. The molecule has 0 heterocycles. The van der Waals surface area contributed by atoms with Gasteiger partial charge in [0.15, 0.2) is 0 Å². The van der Waals surface area contributed by atoms with Gasteiger partial charge in [-0.05, 0) is 32.7 Å². The molecule has 0 saturated carbocycles. The summed E-state index contributed by atoms with van der Waals surface area (Å²) in [7, 11) is -2.83. The Hall–Kier alpha value is -0.0900. The standard InChI is InChI=1S/C11H25NO2S/c1-10(2)6-7-12(11(3)4)8-9-15(5,13)14/h10-11H,6-9H2,1-5H3. The molecule has 0 aromatic carbocycles. The summed E-state index contributed by atoms with van der Waals surface area (Å²) in [5.74, 6) is 0.938. The Balaban J connectivity index is 4.06. The van der Waals surface area contributed by atoms with Crippen LogP contribution in [0.5, 0.6) is 0 Å². The van der Waals surface area contributed by atoms with E-state index in [9.17, 15) is 8.42 Å². The van der Waals surface area contributed by atoms with Crippen LogP contribution in [0.25, 0.3) is 0 Å². The molecule has 15 heavy (non-hydrogen) atoms. The van der Waals surface area contributed by atoms with Gasteiger partial charge in [-0.25, -0.2) is 8.42 Å². The molecule has 0 saturated heterocycles. The molecule has 0 rings (SSSR count). The van der Waals surface area contributed by atoms with Crippen LogP contribution in [0, 0.1) is 5.92 Å². The smallest absolute Gasteiger partial charge is 0.148 e. The lowest BCUT2D eigenvalue weighted by Gasteiger charge is -2.26. The maximum atomic E-state index is 11.1. The third kappa shape index (κ3) is 8.88. The molecule has 0 spiro atoms. The molecule has 92 valence electrons. The first kappa shape index (κ1) is 14.9. The number of hydrogen-bond acceptors (Lipinski definition) is 3. The Morgan fingerprint density at radius 1 is 1.07 bits per heavy atom. The molecule has 0 aliphatic rings. The van der Waals surface area contributed by atoms with Crippen molar-refractivity contribution in [2.45, 2.75) is 40.2 Å². The van der Waals surface area contributed by atoms with Gasteiger partial charge >= 0.3 is 0 Å². The third-order valence-electron chi connectivity index (χ3n) is 2.47. The van der Waals surface area contributed by atoms with Gasteiger partial charge < -0.3 is 0 Å². The fourth-order valence-electron chi connectivity index (χ4n) is 1.34. The number of rotatable bonds is 7. The van der Waals surface area contributed by atoms with E-state index in [1.54, 1.807) is 0 Å². The van der Waals surface area contributed by atoms with E-state index in [0.29, 0.717) is 18.5 Å². The Bertz CT molecular complexity index is 258. The maximum absolute atomic E-state index is 11.1. The van der Waals surface area contributed by atoms with E-state index >= 15 is 0 Å². The van der Waals surface area contributed by atoms with E-state index in [-0.39, 0.29) is 5.75 Å². The van der Waals surface area contributed by atoms with Crippen LogP contribution in [-0.2, 0) is 9.84 Å². The van der Waals surface area contributed by atoms with Crippen LogP contribution in [-0.4, -0.2) is 44.5 Å². The molecule has 0 aromatic rings. The molecule has 0 aromatic heterocycles. The van der Waals surface area contributed by atoms with E-state index in [2.05, 4.69) is 32.6 Å². The van der Waals surface area contributed by atoms with Crippen molar-refractivity contribution in [3.63, 3.8) is 0 Å². The minimum Gasteiger partial charge on any atom is -0.300 e. The van der Waals surface area contributed by atoms with E-state index < -0.39 is 9.84 Å². The van der Waals surface area contributed by atoms with Gasteiger partial charge in [-0.2, -0.15) is 0 Å². The van der Waals surface area contributed by atoms with Gasteiger partial charge in [-0.1, -0.05) is 13.8 Å². The number of nitrogens with zero attached hydrogens (tertiary/aromatic N) is 1. The van der Waals surface area contributed by atoms with Crippen LogP contribution >= 0.6 is 0 Å². The van der Waals surface area contributed by atoms with Gasteiger partial charge in [-0.15, -0.1) is 0 Å². The fourth-order valence-corrected chi connectivity index (χ4v) is 1.90. The Morgan fingerprint density at radius 3 is 1.93 bits per heavy atom. The molecule has 0 radical (unpaired) electrons. The zero-order chi connectivity index (χ0) is 12.1. The quantitative estimate of drug-likeness (QED) is 0.675. The summed E-state index contributed by atoms with van der Waals surface area (Å²) < 4.78 is 22.1. The SMILES string of the molecule is CC(C)CCN(CCS(C)(=O)=O)C(C)C. The van der Waals surface area contributed by atoms with Gasteiger partial charge in [0.05, 0.1) is 5.75 Å². The normalized spacial score (nSPS) is 13.1. The average molecular weight is 235 g/mol. The van der Waals surface area contributed by atoms with Gasteiger partial charge in [-0.3, -0.25) is 4.90 Å². The van der Waals surface area contributed by atoms with Gasteiger partial charge in [0.1, 0.15) is 9.84 Å². The first-order valence-electron chi connectivity index (χ1n) is 5.64. The molecule has 0 fully saturated rings. The van der Waals surface area contributed by atoms with Crippen molar-refractivity contribution in [2.24, 2.45) is 5.92 Å². The minimum atomic E-state index is -2.83. The first-order valence-corrected chi connectivity index (χ1v) is 7.70. The highest BCUT2D eigenvalue weighted by Gasteiger charge is 2.12. The number of hydrogen-bond donors (Lipinski definition) is 0. The van der Waals surface area contributed by atoms with Crippen molar-refractivity contribution >= 4 is 9.84 Å². The molecule has 0 aliphatic heterocycles. The van der Waals surface area contributed by atoms with E-state index in [4.69, 9.17) is 0 Å². The maximum Gasteiger partial charge on any atom is 0.148 e. The summed E-state index contributed by atoms with van der Waals surface area (Å²) in [6.45, 7) is 10.3. The Morgan fingerprint density at radius 2 is 1.60 bits per heavy atom. The van der Waals surface area contributed by atoms with Crippen LogP contribution < -0.4 is 0 Å². The first-order chi connectivity index (χ1) is 6.72. The lowest BCUT2D eigenvalue weighted by Crippen LogP contribution is -2.36. The van der Waals surface area contributed by atoms with Crippen LogP contribution in [0.4, 0.5) is 0 Å². The van der Waals surface area contributed by atoms with Crippen molar-refractivity contribution in [3.8, 4) is 0 Å². The van der Waals surface area contributed by atoms with Crippen molar-refractivity contribution in [1.82, 2.24) is 4.90 Å². The summed E-state index contributed by atoms with van der Waals surface area (Å²) in [6.07, 6.45) is 2.43. The third-order valence-corrected chi connectivity index (χ3v) is 3.40. The lowest BCUT2D eigenvalue weighted by atomic mass is 10.1.